The molecule has 0 saturated carbocycles. The number of carbonyl (C=O) groups excluding carboxylic acids is 3. The fourth-order valence-electron chi connectivity index (χ4n) is 2.42. The van der Waals surface area contributed by atoms with Gasteiger partial charge in [0.05, 0.1) is 19.8 Å². The summed E-state index contributed by atoms with van der Waals surface area (Å²) in [5.74, 6) is -1.39. The molecule has 0 atom stereocenters. The smallest absolute Gasteiger partial charge is 0.342 e. The number of thiophene rings is 1. The van der Waals surface area contributed by atoms with Crippen molar-refractivity contribution >= 4 is 34.2 Å². The first-order valence-electron chi connectivity index (χ1n) is 8.08. The molecule has 7 nitrogen and oxygen atoms in total. The Labute approximate surface area is 161 Å². The van der Waals surface area contributed by atoms with E-state index in [0.29, 0.717) is 16.3 Å². The van der Waals surface area contributed by atoms with Gasteiger partial charge >= 0.3 is 11.9 Å². The van der Waals surface area contributed by atoms with Gasteiger partial charge in [-0.25, -0.2) is 9.59 Å². The van der Waals surface area contributed by atoms with E-state index < -0.39 is 24.5 Å². The minimum Gasteiger partial charge on any atom is -0.496 e. The van der Waals surface area contributed by atoms with Crippen molar-refractivity contribution < 1.29 is 28.6 Å². The van der Waals surface area contributed by atoms with E-state index in [1.165, 1.54) is 25.6 Å². The lowest BCUT2D eigenvalue weighted by Crippen LogP contribution is -2.22. The molecular formula is C19H21NO6S. The second-order valence-electron chi connectivity index (χ2n) is 5.81. The zero-order chi connectivity index (χ0) is 20.1. The van der Waals surface area contributed by atoms with Crippen LogP contribution in [0.5, 0.6) is 5.75 Å². The van der Waals surface area contributed by atoms with Crippen LogP contribution in [0.3, 0.4) is 0 Å². The number of ether oxygens (including phenoxy) is 3. The van der Waals surface area contributed by atoms with E-state index in [2.05, 4.69) is 5.32 Å². The summed E-state index contributed by atoms with van der Waals surface area (Å²) in [5, 5.41) is 2.97. The third-order valence-electron chi connectivity index (χ3n) is 3.94. The number of esters is 2. The van der Waals surface area contributed by atoms with E-state index in [4.69, 9.17) is 14.2 Å². The topological polar surface area (TPSA) is 90.9 Å². The lowest BCUT2D eigenvalue weighted by atomic mass is 10.1. The molecule has 0 bridgehead atoms. The number of hydrogen-bond acceptors (Lipinski definition) is 7. The highest BCUT2D eigenvalue weighted by Gasteiger charge is 2.22. The summed E-state index contributed by atoms with van der Waals surface area (Å²) < 4.78 is 15.0. The highest BCUT2D eigenvalue weighted by molar-refractivity contribution is 7.16. The SMILES string of the molecule is COC(=O)c1c(NC(=O)COC(=O)c2cc(C)ccc2OC)sc(C)c1C. The summed E-state index contributed by atoms with van der Waals surface area (Å²) >= 11 is 1.26. The average molecular weight is 391 g/mol. The van der Waals surface area contributed by atoms with Gasteiger partial charge in [0.25, 0.3) is 5.91 Å². The minimum atomic E-state index is -0.669. The van der Waals surface area contributed by atoms with E-state index in [-0.39, 0.29) is 5.56 Å². The van der Waals surface area contributed by atoms with Gasteiger partial charge in [-0.2, -0.15) is 0 Å². The van der Waals surface area contributed by atoms with E-state index in [1.54, 1.807) is 25.1 Å². The number of aryl methyl sites for hydroxylation is 2. The van der Waals surface area contributed by atoms with Crippen LogP contribution < -0.4 is 10.1 Å². The summed E-state index contributed by atoms with van der Waals surface area (Å²) in [4.78, 5) is 37.3. The Balaban J connectivity index is 2.07. The molecule has 2 rings (SSSR count). The maximum Gasteiger partial charge on any atom is 0.342 e. The maximum atomic E-state index is 12.3. The first-order valence-corrected chi connectivity index (χ1v) is 8.90. The normalized spacial score (nSPS) is 10.3. The number of amides is 1. The van der Waals surface area contributed by atoms with Crippen LogP contribution in [-0.2, 0) is 14.3 Å². The third kappa shape index (κ3) is 4.65. The average Bonchev–Trinajstić information content (AvgIpc) is 2.92. The minimum absolute atomic E-state index is 0.239. The van der Waals surface area contributed by atoms with Gasteiger partial charge < -0.3 is 19.5 Å². The van der Waals surface area contributed by atoms with Crippen LogP contribution in [0.2, 0.25) is 0 Å². The van der Waals surface area contributed by atoms with Gasteiger partial charge in [-0.05, 0) is 38.5 Å². The molecule has 1 aromatic carbocycles. The predicted octanol–water partition coefficient (Wildman–Crippen LogP) is 3.26. The Kier molecular flexibility index (Phi) is 6.57. The van der Waals surface area contributed by atoms with Crippen molar-refractivity contribution in [2.75, 3.05) is 26.1 Å². The van der Waals surface area contributed by atoms with Gasteiger partial charge in [0.2, 0.25) is 0 Å². The molecule has 2 aromatic rings. The van der Waals surface area contributed by atoms with Crippen LogP contribution in [-0.4, -0.2) is 38.7 Å². The predicted molar refractivity (Wildman–Crippen MR) is 102 cm³/mol. The molecule has 0 aliphatic rings. The van der Waals surface area contributed by atoms with Crippen molar-refractivity contribution in [2.24, 2.45) is 0 Å². The van der Waals surface area contributed by atoms with Gasteiger partial charge in [0, 0.05) is 4.88 Å². The Hall–Kier alpha value is -2.87. The number of hydrogen-bond donors (Lipinski definition) is 1. The van der Waals surface area contributed by atoms with Crippen LogP contribution in [0.1, 0.15) is 36.7 Å². The number of anilines is 1. The number of methoxy groups -OCH3 is 2. The quantitative estimate of drug-likeness (QED) is 0.760. The zero-order valence-electron chi connectivity index (χ0n) is 15.8. The summed E-state index contributed by atoms with van der Waals surface area (Å²) in [6.07, 6.45) is 0. The first-order chi connectivity index (χ1) is 12.8. The highest BCUT2D eigenvalue weighted by atomic mass is 32.1. The van der Waals surface area contributed by atoms with Crippen molar-refractivity contribution in [3.05, 3.63) is 45.3 Å². The number of rotatable bonds is 6. The monoisotopic (exact) mass is 391 g/mol. The van der Waals surface area contributed by atoms with Gasteiger partial charge in [-0.15, -0.1) is 11.3 Å². The number of carbonyl (C=O) groups is 3. The van der Waals surface area contributed by atoms with Crippen molar-refractivity contribution in [1.82, 2.24) is 0 Å². The van der Waals surface area contributed by atoms with Crippen LogP contribution in [0, 0.1) is 20.8 Å². The van der Waals surface area contributed by atoms with Gasteiger partial charge in [0.1, 0.15) is 16.3 Å². The van der Waals surface area contributed by atoms with Crippen molar-refractivity contribution in [1.29, 1.82) is 0 Å². The Morgan fingerprint density at radius 1 is 1.07 bits per heavy atom. The third-order valence-corrected chi connectivity index (χ3v) is 5.06. The summed E-state index contributed by atoms with van der Waals surface area (Å²) in [6, 6.07) is 5.09. The lowest BCUT2D eigenvalue weighted by Gasteiger charge is -2.10. The largest absolute Gasteiger partial charge is 0.496 e. The summed E-state index contributed by atoms with van der Waals surface area (Å²) in [7, 11) is 2.72. The zero-order valence-corrected chi connectivity index (χ0v) is 16.6. The standard InChI is InChI=1S/C19H21NO6S/c1-10-6-7-14(24-4)13(8-10)18(22)26-9-15(21)20-17-16(19(23)25-5)11(2)12(3)27-17/h6-8H,9H2,1-5H3,(H,20,21). The van der Waals surface area contributed by atoms with Crippen LogP contribution in [0.4, 0.5) is 5.00 Å². The van der Waals surface area contributed by atoms with E-state index in [9.17, 15) is 14.4 Å². The molecule has 1 N–H and O–H groups in total. The molecule has 0 unspecified atom stereocenters. The number of benzene rings is 1. The molecule has 0 aliphatic heterocycles. The molecule has 0 spiro atoms. The molecule has 1 heterocycles. The molecule has 1 amide bonds. The van der Waals surface area contributed by atoms with Gasteiger partial charge in [-0.3, -0.25) is 4.79 Å². The molecule has 144 valence electrons. The summed E-state index contributed by atoms with van der Waals surface area (Å²) in [6.45, 7) is 4.95. The molecular weight excluding hydrogens is 370 g/mol. The van der Waals surface area contributed by atoms with Crippen molar-refractivity contribution in [3.63, 3.8) is 0 Å². The molecule has 8 heteroatoms. The molecule has 0 aliphatic carbocycles. The fraction of sp³-hybridized carbons (Fsp3) is 0.316. The van der Waals surface area contributed by atoms with Gasteiger partial charge in [-0.1, -0.05) is 11.6 Å². The first kappa shape index (κ1) is 20.4. The maximum absolute atomic E-state index is 12.3. The second kappa shape index (κ2) is 8.68. The van der Waals surface area contributed by atoms with Crippen molar-refractivity contribution in [3.8, 4) is 5.75 Å². The van der Waals surface area contributed by atoms with Crippen LogP contribution >= 0.6 is 11.3 Å². The lowest BCUT2D eigenvalue weighted by molar-refractivity contribution is -0.119. The van der Waals surface area contributed by atoms with E-state index in [0.717, 1.165) is 16.0 Å². The Morgan fingerprint density at radius 3 is 2.41 bits per heavy atom. The molecule has 0 saturated heterocycles. The summed E-state index contributed by atoms with van der Waals surface area (Å²) in [5.41, 5.74) is 2.14. The van der Waals surface area contributed by atoms with Crippen molar-refractivity contribution in [2.45, 2.75) is 20.8 Å². The Bertz CT molecular complexity index is 887. The highest BCUT2D eigenvalue weighted by Crippen LogP contribution is 2.32. The Morgan fingerprint density at radius 2 is 1.78 bits per heavy atom. The van der Waals surface area contributed by atoms with Gasteiger partial charge in [0.15, 0.2) is 6.61 Å². The number of nitrogens with one attached hydrogen (secondary N) is 1. The van der Waals surface area contributed by atoms with Crippen LogP contribution in [0.25, 0.3) is 0 Å². The van der Waals surface area contributed by atoms with E-state index >= 15 is 0 Å². The molecule has 1 aromatic heterocycles. The molecule has 0 radical (unpaired) electrons. The second-order valence-corrected chi connectivity index (χ2v) is 7.03. The molecule has 27 heavy (non-hydrogen) atoms. The van der Waals surface area contributed by atoms with Crippen LogP contribution in [0.15, 0.2) is 18.2 Å². The molecule has 0 fully saturated rings. The van der Waals surface area contributed by atoms with E-state index in [1.807, 2.05) is 13.8 Å². The fourth-order valence-corrected chi connectivity index (χ4v) is 3.48.